The van der Waals surface area contributed by atoms with Gasteiger partial charge < -0.3 is 9.80 Å². The van der Waals surface area contributed by atoms with Gasteiger partial charge in [-0.05, 0) is 36.9 Å². The van der Waals surface area contributed by atoms with Crippen molar-refractivity contribution in [2.75, 3.05) is 38.1 Å². The minimum absolute atomic E-state index is 0.670. The maximum atomic E-state index is 6.25. The minimum atomic E-state index is 0.670. The molecule has 1 heterocycles. The molecule has 0 spiro atoms. The largest absolute Gasteiger partial charge is 0.368 e. The fourth-order valence-electron chi connectivity index (χ4n) is 2.59. The Morgan fingerprint density at radius 1 is 0.952 bits per heavy atom. The van der Waals surface area contributed by atoms with Crippen LogP contribution in [0.5, 0.6) is 0 Å². The molecule has 1 aliphatic heterocycles. The highest BCUT2D eigenvalue weighted by Crippen LogP contribution is 2.35. The van der Waals surface area contributed by atoms with Crippen molar-refractivity contribution in [1.29, 1.82) is 0 Å². The van der Waals surface area contributed by atoms with Crippen molar-refractivity contribution in [1.82, 2.24) is 4.90 Å². The number of halogens is 2. The molecule has 3 rings (SSSR count). The van der Waals surface area contributed by atoms with E-state index in [4.69, 9.17) is 23.2 Å². The molecule has 0 unspecified atom stereocenters. The minimum Gasteiger partial charge on any atom is -0.368 e. The zero-order valence-corrected chi connectivity index (χ0v) is 13.5. The topological polar surface area (TPSA) is 6.48 Å². The van der Waals surface area contributed by atoms with Gasteiger partial charge in [-0.1, -0.05) is 35.3 Å². The van der Waals surface area contributed by atoms with Gasteiger partial charge in [0.1, 0.15) is 0 Å². The number of nitrogens with zero attached hydrogens (tertiary/aromatic N) is 2. The van der Waals surface area contributed by atoms with Crippen molar-refractivity contribution in [2.24, 2.45) is 0 Å². The number of likely N-dealkylation sites (N-methyl/N-ethyl adjacent to an activating group) is 1. The van der Waals surface area contributed by atoms with E-state index in [0.717, 1.165) is 43.0 Å². The van der Waals surface area contributed by atoms with E-state index in [1.165, 1.54) is 0 Å². The van der Waals surface area contributed by atoms with E-state index >= 15 is 0 Å². The summed E-state index contributed by atoms with van der Waals surface area (Å²) in [6.45, 7) is 4.26. The van der Waals surface area contributed by atoms with Crippen LogP contribution < -0.4 is 4.90 Å². The molecule has 2 aromatic carbocycles. The molecular weight excluding hydrogens is 303 g/mol. The van der Waals surface area contributed by atoms with Gasteiger partial charge in [0, 0.05) is 53.5 Å². The zero-order valence-electron chi connectivity index (χ0n) is 11.9. The second kappa shape index (κ2) is 6.27. The Bertz CT molecular complexity index is 597. The van der Waals surface area contributed by atoms with Crippen LogP contribution >= 0.6 is 23.2 Å². The third kappa shape index (κ3) is 3.18. The van der Waals surface area contributed by atoms with Crippen molar-refractivity contribution in [3.8, 4) is 11.1 Å². The van der Waals surface area contributed by atoms with Crippen LogP contribution in [-0.4, -0.2) is 38.1 Å². The summed E-state index contributed by atoms with van der Waals surface area (Å²) >= 11 is 12.5. The van der Waals surface area contributed by atoms with Crippen molar-refractivity contribution >= 4 is 28.9 Å². The zero-order chi connectivity index (χ0) is 14.8. The summed E-state index contributed by atoms with van der Waals surface area (Å²) in [5.74, 6) is 0. The molecule has 1 radical (unpaired) electrons. The molecule has 0 saturated carbocycles. The Kier molecular flexibility index (Phi) is 4.39. The van der Waals surface area contributed by atoms with Crippen LogP contribution in [0.15, 0.2) is 36.4 Å². The molecule has 1 saturated heterocycles. The number of piperazine rings is 1. The van der Waals surface area contributed by atoms with Crippen LogP contribution in [0.3, 0.4) is 0 Å². The Hall–Kier alpha value is -1.22. The summed E-state index contributed by atoms with van der Waals surface area (Å²) in [6.07, 6.45) is 0. The molecule has 1 fully saturated rings. The van der Waals surface area contributed by atoms with Crippen molar-refractivity contribution in [3.05, 3.63) is 52.5 Å². The summed E-state index contributed by atoms with van der Waals surface area (Å²) < 4.78 is 0. The van der Waals surface area contributed by atoms with E-state index in [0.29, 0.717) is 10.0 Å². The lowest BCUT2D eigenvalue weighted by atomic mass is 10.0. The first kappa shape index (κ1) is 14.7. The van der Waals surface area contributed by atoms with Gasteiger partial charge in [0.25, 0.3) is 0 Å². The first-order valence-electron chi connectivity index (χ1n) is 7.05. The molecule has 2 aromatic rings. The van der Waals surface area contributed by atoms with E-state index in [9.17, 15) is 0 Å². The lowest BCUT2D eigenvalue weighted by molar-refractivity contribution is 0.313. The van der Waals surface area contributed by atoms with Crippen LogP contribution in [0.1, 0.15) is 0 Å². The number of benzene rings is 2. The molecule has 0 aliphatic carbocycles. The molecule has 21 heavy (non-hydrogen) atoms. The standard InChI is InChI=1S/C17H17Cl2N2/c1-20-9-11-21(12-10-20)14-7-5-13(6-8-14)17-15(18)3-2-4-16(17)19/h2-7H,9-12H2,1H3. The first-order chi connectivity index (χ1) is 10.1. The monoisotopic (exact) mass is 319 g/mol. The van der Waals surface area contributed by atoms with Crippen LogP contribution in [0.2, 0.25) is 10.0 Å². The summed E-state index contributed by atoms with van der Waals surface area (Å²) in [5, 5.41) is 1.34. The van der Waals surface area contributed by atoms with E-state index in [1.54, 1.807) is 0 Å². The van der Waals surface area contributed by atoms with Crippen molar-refractivity contribution in [2.45, 2.75) is 0 Å². The van der Waals surface area contributed by atoms with Gasteiger partial charge in [0.05, 0.1) is 0 Å². The molecule has 2 nitrogen and oxygen atoms in total. The van der Waals surface area contributed by atoms with Crippen LogP contribution in [-0.2, 0) is 0 Å². The quantitative estimate of drug-likeness (QED) is 0.818. The second-order valence-corrected chi connectivity index (χ2v) is 6.16. The molecule has 0 bridgehead atoms. The Morgan fingerprint density at radius 3 is 2.19 bits per heavy atom. The first-order valence-corrected chi connectivity index (χ1v) is 7.80. The van der Waals surface area contributed by atoms with Gasteiger partial charge in [-0.15, -0.1) is 0 Å². The molecule has 0 N–H and O–H groups in total. The van der Waals surface area contributed by atoms with Gasteiger partial charge >= 0.3 is 0 Å². The van der Waals surface area contributed by atoms with Crippen LogP contribution in [0, 0.1) is 6.07 Å². The van der Waals surface area contributed by atoms with Crippen LogP contribution in [0.25, 0.3) is 11.1 Å². The summed E-state index contributed by atoms with van der Waals surface area (Å²) in [5.41, 5.74) is 3.01. The Balaban J connectivity index is 1.84. The highest BCUT2D eigenvalue weighted by atomic mass is 35.5. The fourth-order valence-corrected chi connectivity index (χ4v) is 3.21. The number of hydrogen-bond donors (Lipinski definition) is 0. The average Bonchev–Trinajstić information content (AvgIpc) is 2.49. The predicted octanol–water partition coefficient (Wildman–Crippen LogP) is 4.21. The predicted molar refractivity (Wildman–Crippen MR) is 90.4 cm³/mol. The van der Waals surface area contributed by atoms with E-state index in [1.807, 2.05) is 24.3 Å². The Morgan fingerprint density at radius 2 is 1.62 bits per heavy atom. The van der Waals surface area contributed by atoms with Crippen LogP contribution in [0.4, 0.5) is 5.69 Å². The van der Waals surface area contributed by atoms with Gasteiger partial charge in [-0.3, -0.25) is 0 Å². The molecule has 0 aromatic heterocycles. The molecule has 1 aliphatic rings. The maximum absolute atomic E-state index is 6.25. The molecule has 4 heteroatoms. The van der Waals surface area contributed by atoms with E-state index < -0.39 is 0 Å². The summed E-state index contributed by atoms with van der Waals surface area (Å²) in [4.78, 5) is 4.70. The lowest BCUT2D eigenvalue weighted by Gasteiger charge is -2.34. The van der Waals surface area contributed by atoms with Gasteiger partial charge in [0.15, 0.2) is 0 Å². The Labute approximate surface area is 135 Å². The van der Waals surface area contributed by atoms with Gasteiger partial charge in [-0.25, -0.2) is 0 Å². The SMILES string of the molecule is CN1CCN(c2[c]cc(-c3c(Cl)cccc3Cl)cc2)CC1. The third-order valence-electron chi connectivity index (χ3n) is 3.89. The van der Waals surface area contributed by atoms with Crippen molar-refractivity contribution in [3.63, 3.8) is 0 Å². The van der Waals surface area contributed by atoms with Gasteiger partial charge in [0.2, 0.25) is 0 Å². The molecule has 109 valence electrons. The molecular formula is C17H17Cl2N2. The molecule has 0 amide bonds. The highest BCUT2D eigenvalue weighted by Gasteiger charge is 2.15. The highest BCUT2D eigenvalue weighted by molar-refractivity contribution is 6.39. The third-order valence-corrected chi connectivity index (χ3v) is 4.52. The number of rotatable bonds is 2. The van der Waals surface area contributed by atoms with E-state index in [2.05, 4.69) is 35.0 Å². The average molecular weight is 320 g/mol. The summed E-state index contributed by atoms with van der Waals surface area (Å²) in [6, 6.07) is 15.1. The van der Waals surface area contributed by atoms with E-state index in [-0.39, 0.29) is 0 Å². The number of hydrogen-bond acceptors (Lipinski definition) is 2. The second-order valence-electron chi connectivity index (χ2n) is 5.35. The smallest absolute Gasteiger partial charge is 0.0499 e. The normalized spacial score (nSPS) is 16.2. The maximum Gasteiger partial charge on any atom is 0.0499 e. The number of anilines is 1. The van der Waals surface area contributed by atoms with Crippen molar-refractivity contribution < 1.29 is 0 Å². The molecule has 0 atom stereocenters. The van der Waals surface area contributed by atoms with Gasteiger partial charge in [-0.2, -0.15) is 0 Å². The fraction of sp³-hybridized carbons (Fsp3) is 0.294. The lowest BCUT2D eigenvalue weighted by Crippen LogP contribution is -2.44. The summed E-state index contributed by atoms with van der Waals surface area (Å²) in [7, 11) is 2.16.